The quantitative estimate of drug-likeness (QED) is 0.671. The summed E-state index contributed by atoms with van der Waals surface area (Å²) in [6, 6.07) is 13.1. The van der Waals surface area contributed by atoms with E-state index >= 15 is 0 Å². The van der Waals surface area contributed by atoms with Crippen LogP contribution in [0.5, 0.6) is 0 Å². The fraction of sp³-hybridized carbons (Fsp3) is 0.200. The maximum Gasteiger partial charge on any atom is 0.416 e. The van der Waals surface area contributed by atoms with Crippen LogP contribution in [0, 0.1) is 0 Å². The molecule has 0 spiro atoms. The topological polar surface area (TPSA) is 0 Å². The van der Waals surface area contributed by atoms with Gasteiger partial charge >= 0.3 is 6.18 Å². The molecule has 0 N–H and O–H groups in total. The maximum absolute atomic E-state index is 12.5. The minimum atomic E-state index is -4.28. The first-order valence-corrected chi connectivity index (χ1v) is 6.90. The Morgan fingerprint density at radius 2 is 1.63 bits per heavy atom. The third kappa shape index (κ3) is 3.53. The predicted octanol–water partition coefficient (Wildman–Crippen LogP) is 5.48. The van der Waals surface area contributed by atoms with Gasteiger partial charge in [-0.25, -0.2) is 0 Å². The van der Waals surface area contributed by atoms with Crippen LogP contribution in [0.1, 0.15) is 12.5 Å². The molecule has 0 aliphatic heterocycles. The first-order valence-electron chi connectivity index (χ1n) is 5.91. The molecule has 0 aromatic heterocycles. The fourth-order valence-corrected chi connectivity index (χ4v) is 2.50. The molecule has 0 aliphatic carbocycles. The number of benzene rings is 2. The van der Waals surface area contributed by atoms with Crippen molar-refractivity contribution in [3.05, 3.63) is 54.1 Å². The summed E-state index contributed by atoms with van der Waals surface area (Å²) in [5.41, 5.74) is 1.12. The van der Waals surface area contributed by atoms with Gasteiger partial charge in [-0.15, -0.1) is 11.8 Å². The monoisotopic (exact) mass is 282 g/mol. The Morgan fingerprint density at radius 1 is 0.947 bits per heavy atom. The highest BCUT2D eigenvalue weighted by molar-refractivity contribution is 7.99. The lowest BCUT2D eigenvalue weighted by atomic mass is 10.0. The molecule has 0 amide bonds. The van der Waals surface area contributed by atoms with Crippen LogP contribution in [0.3, 0.4) is 0 Å². The summed E-state index contributed by atoms with van der Waals surface area (Å²) >= 11 is 1.71. The standard InChI is InChI=1S/C15H13F3S/c1-2-19-14-5-3-4-12(10-14)11-6-8-13(9-7-11)15(16,17)18/h3-10H,2H2,1H3. The summed E-state index contributed by atoms with van der Waals surface area (Å²) in [7, 11) is 0. The van der Waals surface area contributed by atoms with Crippen LogP contribution in [0.15, 0.2) is 53.4 Å². The van der Waals surface area contributed by atoms with Crippen LogP contribution in [0.25, 0.3) is 11.1 Å². The fourth-order valence-electron chi connectivity index (χ4n) is 1.78. The zero-order valence-corrected chi connectivity index (χ0v) is 11.2. The maximum atomic E-state index is 12.5. The highest BCUT2D eigenvalue weighted by Gasteiger charge is 2.29. The van der Waals surface area contributed by atoms with Gasteiger partial charge in [0.15, 0.2) is 0 Å². The van der Waals surface area contributed by atoms with Crippen molar-refractivity contribution in [2.75, 3.05) is 5.75 Å². The van der Waals surface area contributed by atoms with Crippen LogP contribution in [0.4, 0.5) is 13.2 Å². The van der Waals surface area contributed by atoms with Crippen LogP contribution in [-0.2, 0) is 6.18 Å². The zero-order chi connectivity index (χ0) is 13.9. The van der Waals surface area contributed by atoms with Crippen molar-refractivity contribution in [2.24, 2.45) is 0 Å². The minimum absolute atomic E-state index is 0.615. The van der Waals surface area contributed by atoms with Gasteiger partial charge in [-0.05, 0) is 41.1 Å². The Bertz CT molecular complexity index is 544. The molecule has 0 heterocycles. The summed E-state index contributed by atoms with van der Waals surface area (Å²) in [6.07, 6.45) is -4.28. The van der Waals surface area contributed by atoms with Crippen molar-refractivity contribution in [3.63, 3.8) is 0 Å². The summed E-state index contributed by atoms with van der Waals surface area (Å²) < 4.78 is 37.4. The average molecular weight is 282 g/mol. The highest BCUT2D eigenvalue weighted by atomic mass is 32.2. The van der Waals surface area contributed by atoms with Crippen LogP contribution >= 0.6 is 11.8 Å². The molecule has 4 heteroatoms. The van der Waals surface area contributed by atoms with Gasteiger partial charge in [0.1, 0.15) is 0 Å². The molecule has 2 aromatic carbocycles. The molecular weight excluding hydrogens is 269 g/mol. The molecule has 0 atom stereocenters. The normalized spacial score (nSPS) is 11.6. The molecule has 19 heavy (non-hydrogen) atoms. The van der Waals surface area contributed by atoms with Gasteiger partial charge in [-0.2, -0.15) is 13.2 Å². The van der Waals surface area contributed by atoms with Crippen molar-refractivity contribution < 1.29 is 13.2 Å². The van der Waals surface area contributed by atoms with E-state index in [2.05, 4.69) is 6.92 Å². The van der Waals surface area contributed by atoms with Gasteiger partial charge in [-0.3, -0.25) is 0 Å². The lowest BCUT2D eigenvalue weighted by Crippen LogP contribution is -2.03. The lowest BCUT2D eigenvalue weighted by Gasteiger charge is -2.08. The van der Waals surface area contributed by atoms with E-state index in [-0.39, 0.29) is 0 Å². The Kier molecular flexibility index (Phi) is 4.20. The molecule has 0 radical (unpaired) electrons. The van der Waals surface area contributed by atoms with Crippen molar-refractivity contribution in [2.45, 2.75) is 18.0 Å². The molecule has 0 fully saturated rings. The van der Waals surface area contributed by atoms with E-state index in [0.29, 0.717) is 0 Å². The Labute approximate surface area is 114 Å². The van der Waals surface area contributed by atoms with E-state index in [0.717, 1.165) is 33.9 Å². The summed E-state index contributed by atoms with van der Waals surface area (Å²) in [6.45, 7) is 2.06. The molecule has 0 unspecified atom stereocenters. The second kappa shape index (κ2) is 5.70. The number of hydrogen-bond donors (Lipinski definition) is 0. The summed E-state index contributed by atoms with van der Waals surface area (Å²) in [5, 5.41) is 0. The Morgan fingerprint density at radius 3 is 2.21 bits per heavy atom. The second-order valence-corrected chi connectivity index (χ2v) is 5.37. The molecule has 0 nitrogen and oxygen atoms in total. The van der Waals surface area contributed by atoms with E-state index in [1.54, 1.807) is 11.8 Å². The Hall–Kier alpha value is -1.42. The average Bonchev–Trinajstić information content (AvgIpc) is 2.39. The second-order valence-electron chi connectivity index (χ2n) is 4.04. The van der Waals surface area contributed by atoms with Crippen molar-refractivity contribution in [1.29, 1.82) is 0 Å². The molecular formula is C15H13F3S. The third-order valence-electron chi connectivity index (χ3n) is 2.69. The van der Waals surface area contributed by atoms with Gasteiger partial charge < -0.3 is 0 Å². The molecule has 100 valence electrons. The van der Waals surface area contributed by atoms with Gasteiger partial charge in [0.05, 0.1) is 5.56 Å². The van der Waals surface area contributed by atoms with Gasteiger partial charge in [-0.1, -0.05) is 31.2 Å². The van der Waals surface area contributed by atoms with E-state index in [1.807, 2.05) is 24.3 Å². The van der Waals surface area contributed by atoms with Gasteiger partial charge in [0, 0.05) is 4.90 Å². The SMILES string of the molecule is CCSc1cccc(-c2ccc(C(F)(F)F)cc2)c1. The number of alkyl halides is 3. The third-order valence-corrected chi connectivity index (χ3v) is 3.57. The van der Waals surface area contributed by atoms with Gasteiger partial charge in [0.2, 0.25) is 0 Å². The van der Waals surface area contributed by atoms with Crippen molar-refractivity contribution in [3.8, 4) is 11.1 Å². The van der Waals surface area contributed by atoms with Gasteiger partial charge in [0.25, 0.3) is 0 Å². The summed E-state index contributed by atoms with van der Waals surface area (Å²) in [4.78, 5) is 1.12. The number of halogens is 3. The van der Waals surface area contributed by atoms with Crippen LogP contribution in [0.2, 0.25) is 0 Å². The number of rotatable bonds is 3. The Balaban J connectivity index is 2.29. The molecule has 2 rings (SSSR count). The first kappa shape index (κ1) is 14.0. The van der Waals surface area contributed by atoms with Crippen molar-refractivity contribution >= 4 is 11.8 Å². The van der Waals surface area contributed by atoms with E-state index in [1.165, 1.54) is 12.1 Å². The predicted molar refractivity (Wildman–Crippen MR) is 73.3 cm³/mol. The summed E-state index contributed by atoms with van der Waals surface area (Å²) in [5.74, 6) is 0.969. The highest BCUT2D eigenvalue weighted by Crippen LogP contribution is 2.31. The molecule has 2 aromatic rings. The van der Waals surface area contributed by atoms with E-state index in [9.17, 15) is 13.2 Å². The smallest absolute Gasteiger partial charge is 0.166 e. The number of thioether (sulfide) groups is 1. The van der Waals surface area contributed by atoms with Crippen LogP contribution in [-0.4, -0.2) is 5.75 Å². The van der Waals surface area contributed by atoms with Crippen LogP contribution < -0.4 is 0 Å². The molecule has 0 saturated heterocycles. The molecule has 0 bridgehead atoms. The number of hydrogen-bond acceptors (Lipinski definition) is 1. The van der Waals surface area contributed by atoms with E-state index < -0.39 is 11.7 Å². The first-order chi connectivity index (χ1) is 9.00. The largest absolute Gasteiger partial charge is 0.416 e. The van der Waals surface area contributed by atoms with Crippen molar-refractivity contribution in [1.82, 2.24) is 0 Å². The molecule has 0 saturated carbocycles. The molecule has 0 aliphatic rings. The van der Waals surface area contributed by atoms with E-state index in [4.69, 9.17) is 0 Å². The lowest BCUT2D eigenvalue weighted by molar-refractivity contribution is -0.137. The minimum Gasteiger partial charge on any atom is -0.166 e. The zero-order valence-electron chi connectivity index (χ0n) is 10.4.